The van der Waals surface area contributed by atoms with E-state index in [0.717, 1.165) is 71.3 Å². The van der Waals surface area contributed by atoms with Crippen molar-refractivity contribution in [3.05, 3.63) is 70.7 Å². The van der Waals surface area contributed by atoms with Crippen molar-refractivity contribution in [1.82, 2.24) is 19.8 Å². The SMILES string of the molecule is CN1CCN(c2nc(-c3ccc(C(=O)N4CCN(CC(C)(C)C)c5nc(C#N)c6ccccc6c5C4)cc3)cs2)CC1. The van der Waals surface area contributed by atoms with Crippen LogP contribution in [0.3, 0.4) is 0 Å². The summed E-state index contributed by atoms with van der Waals surface area (Å²) in [5, 5.41) is 14.9. The first kappa shape index (κ1) is 28.1. The van der Waals surface area contributed by atoms with E-state index in [0.29, 0.717) is 30.9 Å². The summed E-state index contributed by atoms with van der Waals surface area (Å²) >= 11 is 1.68. The molecule has 0 bridgehead atoms. The van der Waals surface area contributed by atoms with E-state index < -0.39 is 0 Å². The van der Waals surface area contributed by atoms with Crippen molar-refractivity contribution in [2.45, 2.75) is 27.3 Å². The lowest BCUT2D eigenvalue weighted by Gasteiger charge is -2.32. The number of amides is 1. The molecule has 0 saturated carbocycles. The summed E-state index contributed by atoms with van der Waals surface area (Å²) in [6.45, 7) is 13.1. The summed E-state index contributed by atoms with van der Waals surface area (Å²) in [7, 11) is 2.16. The zero-order valence-electron chi connectivity index (χ0n) is 24.8. The third kappa shape index (κ3) is 5.69. The molecule has 9 heteroatoms. The molecule has 4 aromatic rings. The minimum atomic E-state index is -0.00467. The van der Waals surface area contributed by atoms with Gasteiger partial charge in [0.05, 0.1) is 12.2 Å². The number of hydrogen-bond acceptors (Lipinski definition) is 8. The van der Waals surface area contributed by atoms with Gasteiger partial charge in [-0.05, 0) is 30.0 Å². The van der Waals surface area contributed by atoms with Crippen molar-refractivity contribution in [3.8, 4) is 17.3 Å². The van der Waals surface area contributed by atoms with E-state index in [1.165, 1.54) is 0 Å². The van der Waals surface area contributed by atoms with Crippen LogP contribution in [-0.2, 0) is 6.54 Å². The molecule has 0 aliphatic carbocycles. The number of nitriles is 1. The number of piperazine rings is 1. The molecular weight excluding hydrogens is 542 g/mol. The fourth-order valence-electron chi connectivity index (χ4n) is 5.83. The van der Waals surface area contributed by atoms with Crippen LogP contribution in [0.15, 0.2) is 53.9 Å². The van der Waals surface area contributed by atoms with E-state index in [9.17, 15) is 10.1 Å². The number of aromatic nitrogens is 2. The van der Waals surface area contributed by atoms with E-state index in [1.54, 1.807) is 11.3 Å². The molecule has 2 aromatic carbocycles. The van der Waals surface area contributed by atoms with Crippen molar-refractivity contribution in [2.75, 3.05) is 62.7 Å². The van der Waals surface area contributed by atoms with Crippen LogP contribution in [0.1, 0.15) is 42.4 Å². The topological polar surface area (TPSA) is 79.6 Å². The summed E-state index contributed by atoms with van der Waals surface area (Å²) in [4.78, 5) is 32.5. The minimum Gasteiger partial charge on any atom is -0.354 e. The Morgan fingerprint density at radius 1 is 0.952 bits per heavy atom. The van der Waals surface area contributed by atoms with E-state index in [4.69, 9.17) is 9.97 Å². The fraction of sp³-hybridized carbons (Fsp3) is 0.394. The van der Waals surface area contributed by atoms with Crippen LogP contribution in [0.2, 0.25) is 0 Å². The molecule has 0 unspecified atom stereocenters. The van der Waals surface area contributed by atoms with Gasteiger partial charge in [0.1, 0.15) is 11.9 Å². The van der Waals surface area contributed by atoms with Crippen molar-refractivity contribution < 1.29 is 4.79 Å². The van der Waals surface area contributed by atoms with Crippen molar-refractivity contribution in [2.24, 2.45) is 5.41 Å². The van der Waals surface area contributed by atoms with Gasteiger partial charge in [-0.1, -0.05) is 57.2 Å². The Labute approximate surface area is 251 Å². The highest BCUT2D eigenvalue weighted by atomic mass is 32.1. The Morgan fingerprint density at radius 2 is 1.67 bits per heavy atom. The molecule has 1 amide bonds. The number of anilines is 2. The summed E-state index contributed by atoms with van der Waals surface area (Å²) < 4.78 is 0. The smallest absolute Gasteiger partial charge is 0.254 e. The van der Waals surface area contributed by atoms with E-state index in [2.05, 4.69) is 54.0 Å². The summed E-state index contributed by atoms with van der Waals surface area (Å²) in [5.74, 6) is 0.806. The van der Waals surface area contributed by atoms with Gasteiger partial charge in [-0.15, -0.1) is 11.3 Å². The molecule has 0 atom stereocenters. The van der Waals surface area contributed by atoms with Gasteiger partial charge in [0.15, 0.2) is 10.8 Å². The van der Waals surface area contributed by atoms with Gasteiger partial charge in [-0.3, -0.25) is 4.79 Å². The maximum absolute atomic E-state index is 13.9. The van der Waals surface area contributed by atoms with Gasteiger partial charge >= 0.3 is 0 Å². The first-order chi connectivity index (χ1) is 20.2. The molecule has 0 N–H and O–H groups in total. The highest BCUT2D eigenvalue weighted by Gasteiger charge is 2.29. The van der Waals surface area contributed by atoms with Crippen molar-refractivity contribution >= 4 is 39.0 Å². The highest BCUT2D eigenvalue weighted by Crippen LogP contribution is 2.34. The standard InChI is InChI=1S/C33H37N7OS/c1-33(2,3)22-40-18-17-39(20-27-25-7-5-6-8-26(25)28(19-34)35-30(27)40)31(41)24-11-9-23(10-12-24)29-21-42-32(36-29)38-15-13-37(4)14-16-38/h5-12,21H,13-18,20,22H2,1-4H3. The molecule has 216 valence electrons. The van der Waals surface area contributed by atoms with Gasteiger partial charge in [0.2, 0.25) is 0 Å². The highest BCUT2D eigenvalue weighted by molar-refractivity contribution is 7.14. The maximum Gasteiger partial charge on any atom is 0.254 e. The molecule has 4 heterocycles. The third-order valence-electron chi connectivity index (χ3n) is 8.04. The number of pyridine rings is 1. The van der Waals surface area contributed by atoms with Crippen molar-refractivity contribution in [1.29, 1.82) is 5.26 Å². The average molecular weight is 580 g/mol. The lowest BCUT2D eigenvalue weighted by molar-refractivity contribution is 0.0752. The molecule has 0 radical (unpaired) electrons. The number of carbonyl (C=O) groups excluding carboxylic acids is 1. The lowest BCUT2D eigenvalue weighted by atomic mass is 9.95. The number of fused-ring (bicyclic) bond motifs is 3. The number of likely N-dealkylation sites (N-methyl/N-ethyl adjacent to an activating group) is 1. The molecule has 42 heavy (non-hydrogen) atoms. The molecule has 0 spiro atoms. The van der Waals surface area contributed by atoms with Crippen LogP contribution in [0.4, 0.5) is 10.9 Å². The number of rotatable bonds is 4. The quantitative estimate of drug-likeness (QED) is 0.316. The molecule has 1 saturated heterocycles. The molecule has 1 fully saturated rings. The van der Waals surface area contributed by atoms with Crippen LogP contribution in [-0.4, -0.2) is 78.5 Å². The van der Waals surface area contributed by atoms with Crippen LogP contribution in [0.5, 0.6) is 0 Å². The minimum absolute atomic E-state index is 0.00467. The monoisotopic (exact) mass is 579 g/mol. The van der Waals surface area contributed by atoms with Crippen LogP contribution >= 0.6 is 11.3 Å². The van der Waals surface area contributed by atoms with Crippen LogP contribution < -0.4 is 9.80 Å². The summed E-state index contributed by atoms with van der Waals surface area (Å²) in [6, 6.07) is 18.0. The molecule has 2 aromatic heterocycles. The normalized spacial score (nSPS) is 16.3. The summed E-state index contributed by atoms with van der Waals surface area (Å²) in [5.41, 5.74) is 4.06. The van der Waals surface area contributed by atoms with Crippen LogP contribution in [0.25, 0.3) is 22.0 Å². The zero-order valence-corrected chi connectivity index (χ0v) is 25.6. The maximum atomic E-state index is 13.9. The predicted molar refractivity (Wildman–Crippen MR) is 170 cm³/mol. The predicted octanol–water partition coefficient (Wildman–Crippen LogP) is 5.49. The number of nitrogens with zero attached hydrogens (tertiary/aromatic N) is 7. The van der Waals surface area contributed by atoms with Gasteiger partial charge in [0, 0.05) is 73.3 Å². The second-order valence-corrected chi connectivity index (χ2v) is 13.3. The Hall–Kier alpha value is -4.00. The van der Waals surface area contributed by atoms with Gasteiger partial charge < -0.3 is 19.6 Å². The first-order valence-corrected chi connectivity index (χ1v) is 15.4. The average Bonchev–Trinajstić information content (AvgIpc) is 3.41. The fourth-order valence-corrected chi connectivity index (χ4v) is 6.72. The van der Waals surface area contributed by atoms with E-state index >= 15 is 0 Å². The Bertz CT molecular complexity index is 1640. The Kier molecular flexibility index (Phi) is 7.60. The second-order valence-electron chi connectivity index (χ2n) is 12.5. The Balaban J connectivity index is 1.27. The molecule has 2 aliphatic heterocycles. The second kappa shape index (κ2) is 11.3. The van der Waals surface area contributed by atoms with Gasteiger partial charge in [0.25, 0.3) is 5.91 Å². The zero-order chi connectivity index (χ0) is 29.4. The largest absolute Gasteiger partial charge is 0.354 e. The summed E-state index contributed by atoms with van der Waals surface area (Å²) in [6.07, 6.45) is 0. The van der Waals surface area contributed by atoms with E-state index in [1.807, 2.05) is 53.4 Å². The number of benzene rings is 2. The number of carbonyl (C=O) groups is 1. The van der Waals surface area contributed by atoms with Crippen molar-refractivity contribution in [3.63, 3.8) is 0 Å². The molecule has 2 aliphatic rings. The van der Waals surface area contributed by atoms with Gasteiger partial charge in [-0.25, -0.2) is 9.97 Å². The first-order valence-electron chi connectivity index (χ1n) is 14.6. The van der Waals surface area contributed by atoms with E-state index in [-0.39, 0.29) is 11.3 Å². The molecular formula is C33H37N7OS. The number of thiazole rings is 1. The van der Waals surface area contributed by atoms with Crippen LogP contribution in [0, 0.1) is 16.7 Å². The lowest BCUT2D eigenvalue weighted by Crippen LogP contribution is -2.44. The third-order valence-corrected chi connectivity index (χ3v) is 8.94. The molecule has 8 nitrogen and oxygen atoms in total. The molecule has 6 rings (SSSR count). The van der Waals surface area contributed by atoms with Gasteiger partial charge in [-0.2, -0.15) is 5.26 Å². The Morgan fingerprint density at radius 3 is 2.36 bits per heavy atom. The number of hydrogen-bond donors (Lipinski definition) is 0.